The molecule has 1 aromatic heterocycles. The van der Waals surface area contributed by atoms with Crippen LogP contribution in [0.25, 0.3) is 27.7 Å². The Hall–Kier alpha value is -4.46. The van der Waals surface area contributed by atoms with E-state index in [4.69, 9.17) is 9.84 Å². The number of fused-ring (bicyclic) bond motifs is 1. The molecular formula is C27H21N5O2. The van der Waals surface area contributed by atoms with Crippen LogP contribution in [0.4, 0.5) is 5.69 Å². The molecule has 0 bridgehead atoms. The number of hydrogen-bond donors (Lipinski definition) is 0. The van der Waals surface area contributed by atoms with Gasteiger partial charge in [0.25, 0.3) is 5.56 Å². The van der Waals surface area contributed by atoms with Gasteiger partial charge in [0.05, 0.1) is 46.8 Å². The fraction of sp³-hybridized carbons (Fsp3) is 0.185. The number of benzene rings is 3. The molecule has 0 unspecified atom stereocenters. The number of hydrogen-bond acceptors (Lipinski definition) is 6. The molecule has 7 heteroatoms. The molecule has 0 amide bonds. The Labute approximate surface area is 196 Å². The number of ether oxygens (including phenoxy) is 1. The minimum absolute atomic E-state index is 0.216. The number of aromatic nitrogens is 2. The second-order valence-corrected chi connectivity index (χ2v) is 8.19. The van der Waals surface area contributed by atoms with E-state index in [1.54, 1.807) is 12.1 Å². The van der Waals surface area contributed by atoms with E-state index in [0.29, 0.717) is 54.3 Å². The molecule has 3 aromatic carbocycles. The minimum Gasteiger partial charge on any atom is -0.378 e. The summed E-state index contributed by atoms with van der Waals surface area (Å²) in [5.41, 5.74) is 3.91. The van der Waals surface area contributed by atoms with Crippen molar-refractivity contribution in [3.05, 3.63) is 87.7 Å². The molecule has 0 aliphatic carbocycles. The number of morpholine rings is 1. The average molecular weight is 447 g/mol. The maximum atomic E-state index is 13.6. The van der Waals surface area contributed by atoms with E-state index in [0.717, 1.165) is 16.5 Å². The fourth-order valence-corrected chi connectivity index (χ4v) is 4.36. The number of nitrogens with zero attached hydrogens (tertiary/aromatic N) is 5. The number of rotatable bonds is 3. The lowest BCUT2D eigenvalue weighted by Crippen LogP contribution is -2.37. The molecule has 0 atom stereocenters. The van der Waals surface area contributed by atoms with Crippen molar-refractivity contribution >= 4 is 16.5 Å². The van der Waals surface area contributed by atoms with Crippen molar-refractivity contribution in [1.82, 2.24) is 9.78 Å². The summed E-state index contributed by atoms with van der Waals surface area (Å²) in [6.45, 7) is 4.34. The first kappa shape index (κ1) is 21.4. The molecule has 1 saturated heterocycles. The van der Waals surface area contributed by atoms with Gasteiger partial charge < -0.3 is 9.64 Å². The van der Waals surface area contributed by atoms with Gasteiger partial charge >= 0.3 is 0 Å². The topological polar surface area (TPSA) is 94.9 Å². The summed E-state index contributed by atoms with van der Waals surface area (Å²) in [5, 5.41) is 25.6. The minimum atomic E-state index is -0.318. The number of nitriles is 2. The van der Waals surface area contributed by atoms with E-state index in [9.17, 15) is 15.3 Å². The van der Waals surface area contributed by atoms with Gasteiger partial charge in [-0.05, 0) is 31.2 Å². The van der Waals surface area contributed by atoms with E-state index in [1.165, 1.54) is 10.7 Å². The summed E-state index contributed by atoms with van der Waals surface area (Å²) in [7, 11) is 0. The first-order chi connectivity index (χ1) is 16.6. The molecular weight excluding hydrogens is 426 g/mol. The Morgan fingerprint density at radius 3 is 2.29 bits per heavy atom. The Morgan fingerprint density at radius 1 is 0.882 bits per heavy atom. The van der Waals surface area contributed by atoms with Crippen LogP contribution < -0.4 is 10.5 Å². The predicted octanol–water partition coefficient (Wildman–Crippen LogP) is 3.94. The third-order valence-electron chi connectivity index (χ3n) is 6.03. The number of aryl methyl sites for hydroxylation is 1. The third-order valence-corrected chi connectivity index (χ3v) is 6.03. The Kier molecular flexibility index (Phi) is 5.55. The first-order valence-electron chi connectivity index (χ1n) is 11.0. The van der Waals surface area contributed by atoms with Crippen molar-refractivity contribution in [2.75, 3.05) is 31.2 Å². The van der Waals surface area contributed by atoms with Gasteiger partial charge in [-0.1, -0.05) is 42.0 Å². The lowest BCUT2D eigenvalue weighted by atomic mass is 10.0. The summed E-state index contributed by atoms with van der Waals surface area (Å²) in [5.74, 6) is 0. The highest BCUT2D eigenvalue weighted by Crippen LogP contribution is 2.30. The molecule has 2 heterocycles. The molecule has 1 aliphatic rings. The largest absolute Gasteiger partial charge is 0.378 e. The third kappa shape index (κ3) is 3.69. The van der Waals surface area contributed by atoms with Crippen LogP contribution in [0.2, 0.25) is 0 Å². The quantitative estimate of drug-likeness (QED) is 0.472. The molecule has 0 saturated carbocycles. The zero-order valence-corrected chi connectivity index (χ0v) is 18.7. The van der Waals surface area contributed by atoms with Crippen LogP contribution in [-0.4, -0.2) is 36.1 Å². The Morgan fingerprint density at radius 2 is 1.59 bits per heavy atom. The van der Waals surface area contributed by atoms with E-state index < -0.39 is 0 Å². The lowest BCUT2D eigenvalue weighted by Gasteiger charge is -2.30. The van der Waals surface area contributed by atoms with Crippen LogP contribution in [0.3, 0.4) is 0 Å². The van der Waals surface area contributed by atoms with Gasteiger partial charge in [0, 0.05) is 24.0 Å². The average Bonchev–Trinajstić information content (AvgIpc) is 2.89. The van der Waals surface area contributed by atoms with Crippen LogP contribution in [0.1, 0.15) is 16.7 Å². The predicted molar refractivity (Wildman–Crippen MR) is 130 cm³/mol. The van der Waals surface area contributed by atoms with Crippen molar-refractivity contribution in [3.63, 3.8) is 0 Å². The van der Waals surface area contributed by atoms with Crippen molar-refractivity contribution in [1.29, 1.82) is 10.5 Å². The highest BCUT2D eigenvalue weighted by molar-refractivity contribution is 5.94. The second kappa shape index (κ2) is 8.82. The smallest absolute Gasteiger partial charge is 0.279 e. The van der Waals surface area contributed by atoms with Gasteiger partial charge in [0.15, 0.2) is 0 Å². The molecule has 34 heavy (non-hydrogen) atoms. The maximum Gasteiger partial charge on any atom is 0.279 e. The molecule has 0 radical (unpaired) electrons. The molecule has 1 aliphatic heterocycles. The highest BCUT2D eigenvalue weighted by atomic mass is 16.5. The SMILES string of the molecule is Cc1cccc(-c2nn(-c3cc(N4CCOCC4)c(C#N)cc3C#N)c(=O)c3ccccc23)c1. The highest BCUT2D eigenvalue weighted by Gasteiger charge is 2.21. The van der Waals surface area contributed by atoms with Crippen molar-refractivity contribution < 1.29 is 4.74 Å². The Bertz CT molecular complexity index is 1550. The van der Waals surface area contributed by atoms with Gasteiger partial charge in [0.2, 0.25) is 0 Å². The zero-order valence-electron chi connectivity index (χ0n) is 18.7. The second-order valence-electron chi connectivity index (χ2n) is 8.19. The zero-order chi connectivity index (χ0) is 23.7. The van der Waals surface area contributed by atoms with Crippen molar-refractivity contribution in [2.24, 2.45) is 0 Å². The van der Waals surface area contributed by atoms with Crippen LogP contribution in [0, 0.1) is 29.6 Å². The lowest BCUT2D eigenvalue weighted by molar-refractivity contribution is 0.122. The normalized spacial score (nSPS) is 13.4. The monoisotopic (exact) mass is 447 g/mol. The van der Waals surface area contributed by atoms with Crippen LogP contribution in [0.15, 0.2) is 65.5 Å². The van der Waals surface area contributed by atoms with E-state index in [1.807, 2.05) is 54.3 Å². The van der Waals surface area contributed by atoms with Gasteiger partial charge in [-0.3, -0.25) is 4.79 Å². The molecule has 166 valence electrons. The van der Waals surface area contributed by atoms with E-state index >= 15 is 0 Å². The van der Waals surface area contributed by atoms with E-state index in [2.05, 4.69) is 12.1 Å². The van der Waals surface area contributed by atoms with Gasteiger partial charge in [0.1, 0.15) is 12.1 Å². The molecule has 7 nitrogen and oxygen atoms in total. The molecule has 0 spiro atoms. The summed E-state index contributed by atoms with van der Waals surface area (Å²) in [6, 6.07) is 22.9. The van der Waals surface area contributed by atoms with Crippen LogP contribution >= 0.6 is 0 Å². The first-order valence-corrected chi connectivity index (χ1v) is 11.0. The number of anilines is 1. The van der Waals surface area contributed by atoms with Crippen molar-refractivity contribution in [3.8, 4) is 29.1 Å². The maximum absolute atomic E-state index is 13.6. The molecule has 1 fully saturated rings. The molecule has 0 N–H and O–H groups in total. The van der Waals surface area contributed by atoms with E-state index in [-0.39, 0.29) is 11.1 Å². The Balaban J connectivity index is 1.81. The molecule has 4 aromatic rings. The summed E-state index contributed by atoms with van der Waals surface area (Å²) >= 11 is 0. The summed E-state index contributed by atoms with van der Waals surface area (Å²) < 4.78 is 6.75. The van der Waals surface area contributed by atoms with Crippen molar-refractivity contribution in [2.45, 2.75) is 6.92 Å². The summed E-state index contributed by atoms with van der Waals surface area (Å²) in [4.78, 5) is 15.6. The fourth-order valence-electron chi connectivity index (χ4n) is 4.36. The van der Waals surface area contributed by atoms with Gasteiger partial charge in [-0.15, -0.1) is 0 Å². The summed E-state index contributed by atoms with van der Waals surface area (Å²) in [6.07, 6.45) is 0. The standard InChI is InChI=1S/C27H21N5O2/c1-18-5-4-6-19(13-18)26-22-7-2-3-8-23(22)27(33)32(30-26)25-15-24(31-9-11-34-12-10-31)20(16-28)14-21(25)17-29/h2-8,13-15H,9-12H2,1H3. The van der Waals surface area contributed by atoms with Gasteiger partial charge in [-0.2, -0.15) is 20.3 Å². The molecule has 5 rings (SSSR count). The van der Waals surface area contributed by atoms with Gasteiger partial charge in [-0.25, -0.2) is 0 Å². The van der Waals surface area contributed by atoms with Crippen LogP contribution in [-0.2, 0) is 4.74 Å². The van der Waals surface area contributed by atoms with Crippen LogP contribution in [0.5, 0.6) is 0 Å².